The smallest absolute Gasteiger partial charge is 0.367 e. The van der Waals surface area contributed by atoms with Crippen molar-refractivity contribution in [3.05, 3.63) is 65.2 Å². The molecule has 32 heavy (non-hydrogen) atoms. The highest BCUT2D eigenvalue weighted by Crippen LogP contribution is 2.38. The van der Waals surface area contributed by atoms with Crippen LogP contribution in [-0.4, -0.2) is 33.1 Å². The van der Waals surface area contributed by atoms with Crippen molar-refractivity contribution in [3.8, 4) is 17.2 Å². The van der Waals surface area contributed by atoms with Gasteiger partial charge in [0.2, 0.25) is 0 Å². The number of aliphatic carboxylic acids is 1. The average Bonchev–Trinajstić information content (AvgIpc) is 2.75. The summed E-state index contributed by atoms with van der Waals surface area (Å²) in [5.74, 6) is -0.912. The van der Waals surface area contributed by atoms with Crippen molar-refractivity contribution in [2.75, 3.05) is 5.75 Å². The Balaban J connectivity index is 1.76. The van der Waals surface area contributed by atoms with E-state index in [4.69, 9.17) is 20.3 Å². The number of carbonyl (C=O) groups excluding carboxylic acids is 2. The number of aromatic hydroxyl groups is 1. The van der Waals surface area contributed by atoms with E-state index in [0.29, 0.717) is 22.3 Å². The normalized spacial score (nSPS) is 10.7. The van der Waals surface area contributed by atoms with Crippen molar-refractivity contribution in [1.82, 2.24) is 0 Å². The number of thioether (sulfide) groups is 1. The van der Waals surface area contributed by atoms with Gasteiger partial charge in [0.05, 0.1) is 12.0 Å². The number of fused-ring (bicyclic) bond motifs is 1. The Morgan fingerprint density at radius 1 is 1.03 bits per heavy atom. The molecule has 0 bridgehead atoms. The van der Waals surface area contributed by atoms with E-state index in [9.17, 15) is 19.5 Å². The van der Waals surface area contributed by atoms with Gasteiger partial charge in [-0.1, -0.05) is 30.3 Å². The van der Waals surface area contributed by atoms with Crippen LogP contribution in [0.4, 0.5) is 4.79 Å². The molecule has 0 atom stereocenters. The van der Waals surface area contributed by atoms with Gasteiger partial charge >= 0.3 is 11.3 Å². The van der Waals surface area contributed by atoms with Crippen molar-refractivity contribution >= 4 is 39.7 Å². The van der Waals surface area contributed by atoms with Crippen molar-refractivity contribution < 1.29 is 34.1 Å². The number of carboxylic acid groups (broad SMARTS) is 1. The Morgan fingerprint density at radius 2 is 1.75 bits per heavy atom. The number of nitrogens with two attached hydrogens (primary N) is 1. The molecule has 0 unspecified atom stereocenters. The molecule has 0 saturated heterocycles. The van der Waals surface area contributed by atoms with Gasteiger partial charge < -0.3 is 25.4 Å². The van der Waals surface area contributed by atoms with E-state index in [0.717, 1.165) is 22.9 Å². The lowest BCUT2D eigenvalue weighted by molar-refractivity contribution is -0.136. The fourth-order valence-corrected chi connectivity index (χ4v) is 3.62. The SMILES string of the molecule is Cc1cc(COC(=O)SCCC(=O)O)ccc1Oc1cc(C(N)=O)c(O)c2ccccc12. The number of hydrogen-bond acceptors (Lipinski definition) is 7. The van der Waals surface area contributed by atoms with Gasteiger partial charge in [0.1, 0.15) is 23.9 Å². The number of hydrogen-bond donors (Lipinski definition) is 3. The van der Waals surface area contributed by atoms with Gasteiger partial charge in [0, 0.05) is 16.5 Å². The van der Waals surface area contributed by atoms with E-state index in [1.165, 1.54) is 6.07 Å². The highest BCUT2D eigenvalue weighted by atomic mass is 32.2. The predicted octanol–water partition coefficient (Wildman–Crippen LogP) is 4.59. The largest absolute Gasteiger partial charge is 0.506 e. The summed E-state index contributed by atoms with van der Waals surface area (Å²) >= 11 is 0.814. The van der Waals surface area contributed by atoms with E-state index in [-0.39, 0.29) is 30.1 Å². The molecule has 0 aliphatic carbocycles. The second-order valence-corrected chi connectivity index (χ2v) is 7.94. The number of ether oxygens (including phenoxy) is 2. The number of carbonyl (C=O) groups is 3. The maximum Gasteiger partial charge on any atom is 0.367 e. The maximum atomic E-state index is 11.7. The number of benzene rings is 3. The molecular formula is C23H21NO7S. The van der Waals surface area contributed by atoms with Crippen LogP contribution in [0.3, 0.4) is 0 Å². The molecule has 1 amide bonds. The molecule has 166 valence electrons. The molecule has 3 rings (SSSR count). The van der Waals surface area contributed by atoms with Gasteiger partial charge in [-0.15, -0.1) is 0 Å². The van der Waals surface area contributed by atoms with Crippen LogP contribution in [0, 0.1) is 6.92 Å². The zero-order valence-corrected chi connectivity index (χ0v) is 18.0. The Bertz CT molecular complexity index is 1190. The molecule has 0 aromatic heterocycles. The fourth-order valence-electron chi connectivity index (χ4n) is 3.04. The van der Waals surface area contributed by atoms with Crippen LogP contribution in [0.5, 0.6) is 17.2 Å². The summed E-state index contributed by atoms with van der Waals surface area (Å²) in [6, 6.07) is 13.6. The summed E-state index contributed by atoms with van der Waals surface area (Å²) in [6.07, 6.45) is -0.117. The van der Waals surface area contributed by atoms with Gasteiger partial charge in [-0.25, -0.2) is 4.79 Å². The molecular weight excluding hydrogens is 434 g/mol. The zero-order chi connectivity index (χ0) is 23.3. The topological polar surface area (TPSA) is 136 Å². The van der Waals surface area contributed by atoms with Crippen LogP contribution in [0.2, 0.25) is 0 Å². The summed E-state index contributed by atoms with van der Waals surface area (Å²) in [4.78, 5) is 33.9. The molecule has 3 aromatic rings. The summed E-state index contributed by atoms with van der Waals surface area (Å²) in [5.41, 5.74) is 6.84. The molecule has 0 fully saturated rings. The molecule has 3 aromatic carbocycles. The van der Waals surface area contributed by atoms with Gasteiger partial charge in [0.15, 0.2) is 0 Å². The van der Waals surface area contributed by atoms with Crippen molar-refractivity contribution in [1.29, 1.82) is 0 Å². The molecule has 0 heterocycles. The van der Waals surface area contributed by atoms with E-state index >= 15 is 0 Å². The van der Waals surface area contributed by atoms with Crippen molar-refractivity contribution in [2.45, 2.75) is 20.0 Å². The number of aryl methyl sites for hydroxylation is 1. The third-order valence-electron chi connectivity index (χ3n) is 4.60. The van der Waals surface area contributed by atoms with Crippen LogP contribution in [-0.2, 0) is 16.1 Å². The Morgan fingerprint density at radius 3 is 2.41 bits per heavy atom. The first-order valence-electron chi connectivity index (χ1n) is 9.59. The molecule has 0 radical (unpaired) electrons. The minimum absolute atomic E-state index is 0.0357. The number of primary amides is 1. The van der Waals surface area contributed by atoms with Gasteiger partial charge in [-0.3, -0.25) is 9.59 Å². The average molecular weight is 455 g/mol. The quantitative estimate of drug-likeness (QED) is 0.420. The first-order valence-corrected chi connectivity index (χ1v) is 10.6. The standard InChI is InChI=1S/C23H21NO7S/c1-13-10-14(12-30-23(29)32-9-8-20(25)26)6-7-18(13)31-19-11-17(22(24)28)21(27)16-5-3-2-4-15(16)19/h2-7,10-11,27H,8-9,12H2,1H3,(H2,24,28)(H,25,26). The lowest BCUT2D eigenvalue weighted by Gasteiger charge is -2.15. The molecule has 0 saturated carbocycles. The molecule has 0 aliphatic rings. The monoisotopic (exact) mass is 455 g/mol. The number of carboxylic acids is 1. The summed E-state index contributed by atoms with van der Waals surface area (Å²) in [6.45, 7) is 1.86. The maximum absolute atomic E-state index is 11.7. The van der Waals surface area contributed by atoms with Gasteiger partial charge in [0.25, 0.3) is 5.91 Å². The molecule has 0 aliphatic heterocycles. The minimum atomic E-state index is -0.971. The number of phenols is 1. The van der Waals surface area contributed by atoms with Gasteiger partial charge in [-0.2, -0.15) is 0 Å². The first-order chi connectivity index (χ1) is 15.3. The van der Waals surface area contributed by atoms with E-state index in [1.807, 2.05) is 6.92 Å². The molecule has 8 nitrogen and oxygen atoms in total. The van der Waals surface area contributed by atoms with Crippen molar-refractivity contribution in [2.24, 2.45) is 5.73 Å². The Kier molecular flexibility index (Phi) is 7.21. The second kappa shape index (κ2) is 10.1. The fraction of sp³-hybridized carbons (Fsp3) is 0.174. The van der Waals surface area contributed by atoms with Crippen LogP contribution in [0.1, 0.15) is 27.9 Å². The number of amides is 1. The van der Waals surface area contributed by atoms with E-state index in [2.05, 4.69) is 0 Å². The molecule has 4 N–H and O–H groups in total. The predicted molar refractivity (Wildman–Crippen MR) is 120 cm³/mol. The Hall–Kier alpha value is -3.72. The molecule has 0 spiro atoms. The third kappa shape index (κ3) is 5.50. The zero-order valence-electron chi connectivity index (χ0n) is 17.2. The summed E-state index contributed by atoms with van der Waals surface area (Å²) in [7, 11) is 0. The van der Waals surface area contributed by atoms with Gasteiger partial charge in [-0.05, 0) is 48.0 Å². The van der Waals surface area contributed by atoms with Crippen LogP contribution >= 0.6 is 11.8 Å². The van der Waals surface area contributed by atoms with Crippen LogP contribution < -0.4 is 10.5 Å². The van der Waals surface area contributed by atoms with Crippen molar-refractivity contribution in [3.63, 3.8) is 0 Å². The number of rotatable bonds is 8. The first kappa shape index (κ1) is 23.0. The lowest BCUT2D eigenvalue weighted by Crippen LogP contribution is -2.11. The van der Waals surface area contributed by atoms with Crippen LogP contribution in [0.15, 0.2) is 48.5 Å². The highest BCUT2D eigenvalue weighted by Gasteiger charge is 2.17. The second-order valence-electron chi connectivity index (χ2n) is 6.91. The molecule has 9 heteroatoms. The van der Waals surface area contributed by atoms with E-state index in [1.54, 1.807) is 42.5 Å². The summed E-state index contributed by atoms with van der Waals surface area (Å²) < 4.78 is 11.2. The highest BCUT2D eigenvalue weighted by molar-refractivity contribution is 8.13. The van der Waals surface area contributed by atoms with Crippen LogP contribution in [0.25, 0.3) is 10.8 Å². The van der Waals surface area contributed by atoms with E-state index < -0.39 is 17.2 Å². The minimum Gasteiger partial charge on any atom is -0.506 e. The lowest BCUT2D eigenvalue weighted by atomic mass is 10.0. The third-order valence-corrected chi connectivity index (χ3v) is 5.36. The summed E-state index contributed by atoms with van der Waals surface area (Å²) in [5, 5.41) is 19.5. The Labute approximate surface area is 187 Å².